The average Bonchev–Trinajstić information content (AvgIpc) is 3.27. The third-order valence-electron chi connectivity index (χ3n) is 4.09. The molecule has 0 aliphatic heterocycles. The summed E-state index contributed by atoms with van der Waals surface area (Å²) in [6.45, 7) is 2.04. The first-order chi connectivity index (χ1) is 10.2. The fraction of sp³-hybridized carbons (Fsp3) is 0.562. The lowest BCUT2D eigenvalue weighted by Gasteiger charge is -2.23. The van der Waals surface area contributed by atoms with E-state index in [2.05, 4.69) is 5.32 Å². The van der Waals surface area contributed by atoms with Crippen LogP contribution < -0.4 is 5.32 Å². The average molecular weight is 325 g/mol. The first kappa shape index (κ1) is 17.0. The number of rotatable bonds is 7. The SMILES string of the molecule is CC(O)(CNC(=O)CCc1ccc(S(C)(=O)=O)cc1)C1CC1. The molecule has 2 rings (SSSR count). The maximum absolute atomic E-state index is 11.8. The Morgan fingerprint density at radius 1 is 1.32 bits per heavy atom. The fourth-order valence-corrected chi connectivity index (χ4v) is 3.01. The van der Waals surface area contributed by atoms with E-state index in [0.29, 0.717) is 18.8 Å². The van der Waals surface area contributed by atoms with Crippen LogP contribution in [0.2, 0.25) is 0 Å². The summed E-state index contributed by atoms with van der Waals surface area (Å²) in [7, 11) is -3.19. The summed E-state index contributed by atoms with van der Waals surface area (Å²) in [5, 5.41) is 12.9. The Hall–Kier alpha value is -1.40. The molecule has 122 valence electrons. The zero-order valence-electron chi connectivity index (χ0n) is 13.0. The quantitative estimate of drug-likeness (QED) is 0.791. The van der Waals surface area contributed by atoms with E-state index >= 15 is 0 Å². The van der Waals surface area contributed by atoms with Crippen molar-refractivity contribution in [3.05, 3.63) is 29.8 Å². The molecule has 1 fully saturated rings. The number of benzene rings is 1. The number of hydrogen-bond acceptors (Lipinski definition) is 4. The summed E-state index contributed by atoms with van der Waals surface area (Å²) < 4.78 is 22.7. The minimum atomic E-state index is -3.19. The lowest BCUT2D eigenvalue weighted by atomic mass is 10.0. The normalized spacial score (nSPS) is 17.8. The summed E-state index contributed by atoms with van der Waals surface area (Å²) in [6, 6.07) is 6.56. The molecule has 0 aromatic heterocycles. The fourth-order valence-electron chi connectivity index (χ4n) is 2.38. The first-order valence-corrected chi connectivity index (χ1v) is 9.36. The molecule has 6 heteroatoms. The van der Waals surface area contributed by atoms with Crippen LogP contribution in [0.3, 0.4) is 0 Å². The van der Waals surface area contributed by atoms with Gasteiger partial charge in [0.05, 0.1) is 10.5 Å². The molecule has 1 aliphatic rings. The van der Waals surface area contributed by atoms with Crippen LogP contribution in [-0.4, -0.2) is 37.8 Å². The maximum atomic E-state index is 11.8. The molecule has 0 bridgehead atoms. The van der Waals surface area contributed by atoms with E-state index in [4.69, 9.17) is 0 Å². The van der Waals surface area contributed by atoms with Crippen LogP contribution in [0.5, 0.6) is 0 Å². The molecule has 22 heavy (non-hydrogen) atoms. The van der Waals surface area contributed by atoms with Crippen molar-refractivity contribution in [1.82, 2.24) is 5.32 Å². The van der Waals surface area contributed by atoms with Gasteiger partial charge in [-0.05, 0) is 49.8 Å². The molecule has 0 radical (unpaired) electrons. The molecule has 1 atom stereocenters. The standard InChI is InChI=1S/C16H23NO4S/c1-16(19,13-6-7-13)11-17-15(18)10-5-12-3-8-14(9-4-12)22(2,20)21/h3-4,8-9,13,19H,5-7,10-11H2,1-2H3,(H,17,18). The van der Waals surface area contributed by atoms with Crippen LogP contribution in [-0.2, 0) is 21.1 Å². The molecule has 1 saturated carbocycles. The first-order valence-electron chi connectivity index (χ1n) is 7.46. The molecule has 1 aliphatic carbocycles. The van der Waals surface area contributed by atoms with Crippen molar-refractivity contribution >= 4 is 15.7 Å². The number of carbonyl (C=O) groups is 1. The highest BCUT2D eigenvalue weighted by Gasteiger charge is 2.39. The molecule has 0 saturated heterocycles. The summed E-state index contributed by atoms with van der Waals surface area (Å²) >= 11 is 0. The molecular weight excluding hydrogens is 302 g/mol. The van der Waals surface area contributed by atoms with Crippen molar-refractivity contribution < 1.29 is 18.3 Å². The molecule has 2 N–H and O–H groups in total. The van der Waals surface area contributed by atoms with Gasteiger partial charge in [-0.2, -0.15) is 0 Å². The van der Waals surface area contributed by atoms with Gasteiger partial charge in [-0.25, -0.2) is 8.42 Å². The predicted octanol–water partition coefficient (Wildman–Crippen LogP) is 1.30. The van der Waals surface area contributed by atoms with Crippen molar-refractivity contribution in [2.45, 2.75) is 43.1 Å². The zero-order chi connectivity index (χ0) is 16.4. The molecule has 1 aromatic rings. The molecule has 1 aromatic carbocycles. The van der Waals surface area contributed by atoms with Crippen molar-refractivity contribution in [3.8, 4) is 0 Å². The number of amides is 1. The Morgan fingerprint density at radius 2 is 1.91 bits per heavy atom. The molecule has 1 amide bonds. The van der Waals surface area contributed by atoms with Crippen LogP contribution >= 0.6 is 0 Å². The van der Waals surface area contributed by atoms with E-state index < -0.39 is 15.4 Å². The van der Waals surface area contributed by atoms with Gasteiger partial charge in [-0.15, -0.1) is 0 Å². The number of sulfone groups is 1. The lowest BCUT2D eigenvalue weighted by molar-refractivity contribution is -0.122. The van der Waals surface area contributed by atoms with Gasteiger partial charge >= 0.3 is 0 Å². The molecule has 1 unspecified atom stereocenters. The number of carbonyl (C=O) groups excluding carboxylic acids is 1. The van der Waals surface area contributed by atoms with Crippen molar-refractivity contribution in [3.63, 3.8) is 0 Å². The van der Waals surface area contributed by atoms with Crippen molar-refractivity contribution in [2.24, 2.45) is 5.92 Å². The van der Waals surface area contributed by atoms with E-state index in [9.17, 15) is 18.3 Å². The molecule has 5 nitrogen and oxygen atoms in total. The van der Waals surface area contributed by atoms with E-state index in [-0.39, 0.29) is 17.3 Å². The predicted molar refractivity (Wildman–Crippen MR) is 84.2 cm³/mol. The summed E-state index contributed by atoms with van der Waals surface area (Å²) in [4.78, 5) is 12.1. The van der Waals surface area contributed by atoms with Gasteiger partial charge in [-0.1, -0.05) is 12.1 Å². The summed E-state index contributed by atoms with van der Waals surface area (Å²) in [5.74, 6) is 0.199. The van der Waals surface area contributed by atoms with Crippen LogP contribution in [0, 0.1) is 5.92 Å². The highest BCUT2D eigenvalue weighted by Crippen LogP contribution is 2.38. The van der Waals surface area contributed by atoms with E-state index in [1.54, 1.807) is 31.2 Å². The van der Waals surface area contributed by atoms with Gasteiger partial charge in [0.1, 0.15) is 0 Å². The van der Waals surface area contributed by atoms with Gasteiger partial charge in [0, 0.05) is 19.2 Å². The zero-order valence-corrected chi connectivity index (χ0v) is 13.8. The second-order valence-electron chi connectivity index (χ2n) is 6.32. The van der Waals surface area contributed by atoms with Gasteiger partial charge < -0.3 is 10.4 Å². The Balaban J connectivity index is 1.78. The molecule has 0 heterocycles. The van der Waals surface area contributed by atoms with Crippen LogP contribution in [0.25, 0.3) is 0 Å². The smallest absolute Gasteiger partial charge is 0.220 e. The van der Waals surface area contributed by atoms with E-state index in [1.165, 1.54) is 6.26 Å². The maximum Gasteiger partial charge on any atom is 0.220 e. The van der Waals surface area contributed by atoms with E-state index in [0.717, 1.165) is 18.4 Å². The number of aliphatic hydroxyl groups is 1. The molecular formula is C16H23NO4S. The van der Waals surface area contributed by atoms with Crippen LogP contribution in [0.4, 0.5) is 0 Å². The van der Waals surface area contributed by atoms with Gasteiger partial charge in [0.15, 0.2) is 9.84 Å². The van der Waals surface area contributed by atoms with Crippen molar-refractivity contribution in [2.75, 3.05) is 12.8 Å². The third kappa shape index (κ3) is 4.81. The largest absolute Gasteiger partial charge is 0.388 e. The van der Waals surface area contributed by atoms with Gasteiger partial charge in [-0.3, -0.25) is 4.79 Å². The highest BCUT2D eigenvalue weighted by molar-refractivity contribution is 7.90. The Bertz CT molecular complexity index is 631. The summed E-state index contributed by atoms with van der Waals surface area (Å²) in [6.07, 6.45) is 4.08. The van der Waals surface area contributed by atoms with Gasteiger partial charge in [0.2, 0.25) is 5.91 Å². The number of nitrogens with one attached hydrogen (secondary N) is 1. The minimum Gasteiger partial charge on any atom is -0.388 e. The Kier molecular flexibility index (Phi) is 4.92. The second kappa shape index (κ2) is 6.38. The topological polar surface area (TPSA) is 83.5 Å². The van der Waals surface area contributed by atoms with Crippen LogP contribution in [0.1, 0.15) is 31.7 Å². The molecule has 0 spiro atoms. The lowest BCUT2D eigenvalue weighted by Crippen LogP contribution is -2.42. The number of aryl methyl sites for hydroxylation is 1. The monoisotopic (exact) mass is 325 g/mol. The van der Waals surface area contributed by atoms with Gasteiger partial charge in [0.25, 0.3) is 0 Å². The highest BCUT2D eigenvalue weighted by atomic mass is 32.2. The minimum absolute atomic E-state index is 0.104. The van der Waals surface area contributed by atoms with Crippen molar-refractivity contribution in [1.29, 1.82) is 0 Å². The second-order valence-corrected chi connectivity index (χ2v) is 8.34. The van der Waals surface area contributed by atoms with Crippen LogP contribution in [0.15, 0.2) is 29.2 Å². The summed E-state index contributed by atoms with van der Waals surface area (Å²) in [5.41, 5.74) is 0.101. The Morgan fingerprint density at radius 3 is 2.41 bits per heavy atom. The third-order valence-corrected chi connectivity index (χ3v) is 5.22. The van der Waals surface area contributed by atoms with E-state index in [1.807, 2.05) is 0 Å². The number of hydrogen-bond donors (Lipinski definition) is 2. The Labute approximate surface area is 131 Å².